The number of carbonyl (C=O) groups excluding carboxylic acids is 1. The molecule has 0 spiro atoms. The largest absolute Gasteiger partial charge is 0.481 e. The van der Waals surface area contributed by atoms with E-state index in [-0.39, 0.29) is 18.5 Å². The Bertz CT molecular complexity index is 300. The molecule has 1 heterocycles. The molecule has 0 radical (unpaired) electrons. The lowest BCUT2D eigenvalue weighted by atomic mass is 9.94. The van der Waals surface area contributed by atoms with E-state index >= 15 is 0 Å². The molecule has 0 aromatic carbocycles. The topological polar surface area (TPSA) is 69.6 Å². The molecular formula is C12H20N2O3. The molecular weight excluding hydrogens is 220 g/mol. The molecule has 2 rings (SSSR count). The van der Waals surface area contributed by atoms with E-state index in [2.05, 4.69) is 5.32 Å². The zero-order chi connectivity index (χ0) is 12.3. The summed E-state index contributed by atoms with van der Waals surface area (Å²) in [5.74, 6) is -0.796. The first-order valence-corrected chi connectivity index (χ1v) is 6.46. The van der Waals surface area contributed by atoms with Crippen LogP contribution >= 0.6 is 0 Å². The Kier molecular flexibility index (Phi) is 3.86. The number of nitrogens with zero attached hydrogens (tertiary/aromatic N) is 1. The van der Waals surface area contributed by atoms with Gasteiger partial charge in [0.1, 0.15) is 0 Å². The zero-order valence-corrected chi connectivity index (χ0v) is 10.0. The first-order chi connectivity index (χ1) is 8.16. The van der Waals surface area contributed by atoms with Crippen LogP contribution in [0.5, 0.6) is 0 Å². The second-order valence-electron chi connectivity index (χ2n) is 5.02. The quantitative estimate of drug-likeness (QED) is 0.783. The second-order valence-corrected chi connectivity index (χ2v) is 5.02. The maximum atomic E-state index is 11.8. The number of nitrogens with one attached hydrogen (secondary N) is 1. The summed E-state index contributed by atoms with van der Waals surface area (Å²) in [7, 11) is 0. The van der Waals surface area contributed by atoms with Crippen molar-refractivity contribution in [1.82, 2.24) is 10.2 Å². The van der Waals surface area contributed by atoms with Gasteiger partial charge in [0, 0.05) is 25.0 Å². The van der Waals surface area contributed by atoms with E-state index in [1.54, 1.807) is 0 Å². The van der Waals surface area contributed by atoms with Crippen LogP contribution in [-0.2, 0) is 4.79 Å². The molecule has 2 N–H and O–H groups in total. The van der Waals surface area contributed by atoms with Gasteiger partial charge in [-0.25, -0.2) is 4.79 Å². The van der Waals surface area contributed by atoms with Gasteiger partial charge in [-0.1, -0.05) is 19.3 Å². The van der Waals surface area contributed by atoms with Gasteiger partial charge in [-0.2, -0.15) is 0 Å². The smallest absolute Gasteiger partial charge is 0.317 e. The molecule has 17 heavy (non-hydrogen) atoms. The first kappa shape index (κ1) is 12.2. The van der Waals surface area contributed by atoms with Crippen molar-refractivity contribution in [2.24, 2.45) is 0 Å². The van der Waals surface area contributed by atoms with E-state index in [0.717, 1.165) is 12.8 Å². The Labute approximate surface area is 101 Å². The maximum absolute atomic E-state index is 11.8. The fourth-order valence-corrected chi connectivity index (χ4v) is 2.79. The third-order valence-electron chi connectivity index (χ3n) is 3.73. The summed E-state index contributed by atoms with van der Waals surface area (Å²) < 4.78 is 0. The van der Waals surface area contributed by atoms with Crippen LogP contribution < -0.4 is 5.32 Å². The van der Waals surface area contributed by atoms with E-state index in [1.165, 1.54) is 19.3 Å². The van der Waals surface area contributed by atoms with E-state index < -0.39 is 5.97 Å². The van der Waals surface area contributed by atoms with Gasteiger partial charge < -0.3 is 15.3 Å². The van der Waals surface area contributed by atoms with Crippen molar-refractivity contribution in [3.63, 3.8) is 0 Å². The van der Waals surface area contributed by atoms with Crippen LogP contribution in [0.2, 0.25) is 0 Å². The highest BCUT2D eigenvalue weighted by Gasteiger charge is 2.34. The molecule has 5 nitrogen and oxygen atoms in total. The molecule has 96 valence electrons. The van der Waals surface area contributed by atoms with Crippen LogP contribution in [0, 0.1) is 0 Å². The van der Waals surface area contributed by atoms with E-state index in [0.29, 0.717) is 19.0 Å². The second kappa shape index (κ2) is 5.38. The van der Waals surface area contributed by atoms with E-state index in [4.69, 9.17) is 5.11 Å². The van der Waals surface area contributed by atoms with Gasteiger partial charge in [-0.05, 0) is 19.3 Å². The molecule has 2 amide bonds. The van der Waals surface area contributed by atoms with Gasteiger partial charge >= 0.3 is 12.0 Å². The minimum atomic E-state index is -0.796. The number of aliphatic carboxylic acids is 1. The molecule has 0 bridgehead atoms. The summed E-state index contributed by atoms with van der Waals surface area (Å²) in [4.78, 5) is 24.2. The Balaban J connectivity index is 1.83. The number of urea groups is 1. The average Bonchev–Trinajstić information content (AvgIpc) is 2.69. The molecule has 1 aliphatic heterocycles. The van der Waals surface area contributed by atoms with Gasteiger partial charge in [-0.3, -0.25) is 4.79 Å². The molecule has 1 atom stereocenters. The normalized spacial score (nSPS) is 26.0. The number of rotatable bonds is 4. The summed E-state index contributed by atoms with van der Waals surface area (Å²) in [6, 6.07) is 0.381. The lowest BCUT2D eigenvalue weighted by Gasteiger charge is -2.30. The third kappa shape index (κ3) is 3.11. The lowest BCUT2D eigenvalue weighted by molar-refractivity contribution is -0.137. The van der Waals surface area contributed by atoms with Crippen molar-refractivity contribution in [2.45, 2.75) is 57.0 Å². The van der Waals surface area contributed by atoms with Crippen molar-refractivity contribution in [2.75, 3.05) is 6.54 Å². The number of carbonyl (C=O) groups is 2. The van der Waals surface area contributed by atoms with Crippen LogP contribution in [0.15, 0.2) is 0 Å². The summed E-state index contributed by atoms with van der Waals surface area (Å²) in [6.45, 7) is 0.677. The highest BCUT2D eigenvalue weighted by molar-refractivity contribution is 5.77. The maximum Gasteiger partial charge on any atom is 0.317 e. The SMILES string of the molecule is O=C(O)CCC1CN(C2CCCCC2)C(=O)N1. The number of carboxylic acids is 1. The fourth-order valence-electron chi connectivity index (χ4n) is 2.79. The van der Waals surface area contributed by atoms with Gasteiger partial charge in [0.25, 0.3) is 0 Å². The first-order valence-electron chi connectivity index (χ1n) is 6.46. The van der Waals surface area contributed by atoms with E-state index in [1.807, 2.05) is 4.90 Å². The van der Waals surface area contributed by atoms with Crippen molar-refractivity contribution in [3.05, 3.63) is 0 Å². The molecule has 1 saturated carbocycles. The fraction of sp³-hybridized carbons (Fsp3) is 0.833. The van der Waals surface area contributed by atoms with Crippen LogP contribution in [0.3, 0.4) is 0 Å². The average molecular weight is 240 g/mol. The lowest BCUT2D eigenvalue weighted by Crippen LogP contribution is -2.39. The van der Waals surface area contributed by atoms with Gasteiger partial charge in [0.05, 0.1) is 0 Å². The minimum absolute atomic E-state index is 0.00714. The van der Waals surface area contributed by atoms with Crippen LogP contribution in [0.25, 0.3) is 0 Å². The Morgan fingerprint density at radius 2 is 2.06 bits per heavy atom. The van der Waals surface area contributed by atoms with Crippen LogP contribution in [0.4, 0.5) is 4.79 Å². The van der Waals surface area contributed by atoms with Crippen molar-refractivity contribution < 1.29 is 14.7 Å². The molecule has 1 aliphatic carbocycles. The third-order valence-corrected chi connectivity index (χ3v) is 3.73. The molecule has 1 saturated heterocycles. The summed E-state index contributed by atoms with van der Waals surface area (Å²) in [5, 5.41) is 11.5. The van der Waals surface area contributed by atoms with Crippen LogP contribution in [-0.4, -0.2) is 40.6 Å². The monoisotopic (exact) mass is 240 g/mol. The van der Waals surface area contributed by atoms with Crippen LogP contribution in [0.1, 0.15) is 44.9 Å². The number of carboxylic acid groups (broad SMARTS) is 1. The number of hydrogen-bond acceptors (Lipinski definition) is 2. The summed E-state index contributed by atoms with van der Waals surface area (Å²) in [5.41, 5.74) is 0. The molecule has 2 fully saturated rings. The Morgan fingerprint density at radius 1 is 1.35 bits per heavy atom. The van der Waals surface area contributed by atoms with Gasteiger partial charge in [0.15, 0.2) is 0 Å². The van der Waals surface area contributed by atoms with Crippen molar-refractivity contribution in [1.29, 1.82) is 0 Å². The standard InChI is InChI=1S/C12H20N2O3/c15-11(16)7-6-9-8-14(12(17)13-9)10-4-2-1-3-5-10/h9-10H,1-8H2,(H,13,17)(H,15,16). The Morgan fingerprint density at radius 3 is 2.71 bits per heavy atom. The summed E-state index contributed by atoms with van der Waals surface area (Å²) in [6.07, 6.45) is 6.53. The predicted molar refractivity (Wildman–Crippen MR) is 62.8 cm³/mol. The Hall–Kier alpha value is -1.26. The highest BCUT2D eigenvalue weighted by atomic mass is 16.4. The molecule has 5 heteroatoms. The predicted octanol–water partition coefficient (Wildman–Crippen LogP) is 1.58. The van der Waals surface area contributed by atoms with Crippen molar-refractivity contribution in [3.8, 4) is 0 Å². The molecule has 0 aromatic rings. The molecule has 0 aromatic heterocycles. The van der Waals surface area contributed by atoms with E-state index in [9.17, 15) is 9.59 Å². The number of hydrogen-bond donors (Lipinski definition) is 2. The van der Waals surface area contributed by atoms with Crippen molar-refractivity contribution >= 4 is 12.0 Å². The molecule has 1 unspecified atom stereocenters. The zero-order valence-electron chi connectivity index (χ0n) is 10.0. The van der Waals surface area contributed by atoms with Gasteiger partial charge in [0.2, 0.25) is 0 Å². The van der Waals surface area contributed by atoms with Gasteiger partial charge in [-0.15, -0.1) is 0 Å². The number of amides is 2. The summed E-state index contributed by atoms with van der Waals surface area (Å²) >= 11 is 0. The molecule has 2 aliphatic rings. The minimum Gasteiger partial charge on any atom is -0.481 e. The highest BCUT2D eigenvalue weighted by Crippen LogP contribution is 2.25.